The molecule has 1 rings (SSSR count). The SMILES string of the molecule is CCCNCC(C)(O)Cc1cccs1. The first-order chi connectivity index (χ1) is 6.64. The van der Waals surface area contributed by atoms with Crippen LogP contribution in [0.1, 0.15) is 25.1 Å². The minimum atomic E-state index is -0.625. The van der Waals surface area contributed by atoms with Gasteiger partial charge in [0, 0.05) is 17.8 Å². The summed E-state index contributed by atoms with van der Waals surface area (Å²) in [5.74, 6) is 0. The number of nitrogens with one attached hydrogen (secondary N) is 1. The Kier molecular flexibility index (Phi) is 4.58. The van der Waals surface area contributed by atoms with E-state index in [0.717, 1.165) is 19.4 Å². The van der Waals surface area contributed by atoms with Crippen molar-refractivity contribution in [1.82, 2.24) is 5.32 Å². The van der Waals surface area contributed by atoms with E-state index < -0.39 is 5.60 Å². The lowest BCUT2D eigenvalue weighted by atomic mass is 10.0. The van der Waals surface area contributed by atoms with Crippen LogP contribution in [0.25, 0.3) is 0 Å². The maximum Gasteiger partial charge on any atom is 0.0791 e. The summed E-state index contributed by atoms with van der Waals surface area (Å²) in [6, 6.07) is 4.09. The Bertz CT molecular complexity index is 244. The fourth-order valence-corrected chi connectivity index (χ4v) is 2.27. The van der Waals surface area contributed by atoms with Crippen molar-refractivity contribution >= 4 is 11.3 Å². The van der Waals surface area contributed by atoms with E-state index in [-0.39, 0.29) is 0 Å². The first kappa shape index (κ1) is 11.7. The lowest BCUT2D eigenvalue weighted by molar-refractivity contribution is 0.0612. The van der Waals surface area contributed by atoms with Gasteiger partial charge in [0.05, 0.1) is 5.60 Å². The van der Waals surface area contributed by atoms with Crippen molar-refractivity contribution < 1.29 is 5.11 Å². The third kappa shape index (κ3) is 4.22. The molecule has 0 radical (unpaired) electrons. The van der Waals surface area contributed by atoms with Gasteiger partial charge >= 0.3 is 0 Å². The van der Waals surface area contributed by atoms with Gasteiger partial charge in [0.2, 0.25) is 0 Å². The number of thiophene rings is 1. The Labute approximate surface area is 90.0 Å². The molecule has 0 spiro atoms. The molecular weight excluding hydrogens is 194 g/mol. The van der Waals surface area contributed by atoms with Crippen LogP contribution < -0.4 is 5.32 Å². The Morgan fingerprint density at radius 3 is 2.93 bits per heavy atom. The molecule has 2 N–H and O–H groups in total. The van der Waals surface area contributed by atoms with Gasteiger partial charge in [0.1, 0.15) is 0 Å². The minimum Gasteiger partial charge on any atom is -0.388 e. The van der Waals surface area contributed by atoms with Gasteiger partial charge in [-0.3, -0.25) is 0 Å². The molecule has 0 saturated carbocycles. The summed E-state index contributed by atoms with van der Waals surface area (Å²) in [5, 5.41) is 15.3. The Morgan fingerprint density at radius 2 is 2.36 bits per heavy atom. The van der Waals surface area contributed by atoms with Crippen LogP contribution in [0.4, 0.5) is 0 Å². The zero-order valence-electron chi connectivity index (χ0n) is 8.92. The van der Waals surface area contributed by atoms with Crippen molar-refractivity contribution in [3.63, 3.8) is 0 Å². The zero-order valence-corrected chi connectivity index (χ0v) is 9.73. The molecule has 0 aliphatic rings. The molecule has 1 unspecified atom stereocenters. The normalized spacial score (nSPS) is 15.4. The standard InChI is InChI=1S/C11H19NOS/c1-3-6-12-9-11(2,13)8-10-5-4-7-14-10/h4-5,7,12-13H,3,6,8-9H2,1-2H3. The van der Waals surface area contributed by atoms with E-state index in [2.05, 4.69) is 18.3 Å². The van der Waals surface area contributed by atoms with Crippen molar-refractivity contribution in [2.24, 2.45) is 0 Å². The first-order valence-corrected chi connectivity index (χ1v) is 5.97. The molecule has 0 aromatic carbocycles. The average molecular weight is 213 g/mol. The smallest absolute Gasteiger partial charge is 0.0791 e. The summed E-state index contributed by atoms with van der Waals surface area (Å²) >= 11 is 1.70. The highest BCUT2D eigenvalue weighted by Gasteiger charge is 2.20. The number of aliphatic hydroxyl groups is 1. The molecule has 0 aliphatic carbocycles. The zero-order chi connectivity index (χ0) is 10.4. The quantitative estimate of drug-likeness (QED) is 0.709. The molecule has 0 fully saturated rings. The second-order valence-electron chi connectivity index (χ2n) is 3.93. The maximum atomic E-state index is 10.1. The highest BCUT2D eigenvalue weighted by molar-refractivity contribution is 7.09. The molecule has 1 aromatic rings. The van der Waals surface area contributed by atoms with E-state index in [1.807, 2.05) is 18.4 Å². The van der Waals surface area contributed by atoms with Gasteiger partial charge in [-0.1, -0.05) is 13.0 Å². The van der Waals surface area contributed by atoms with E-state index in [9.17, 15) is 5.11 Å². The van der Waals surface area contributed by atoms with E-state index in [4.69, 9.17) is 0 Å². The number of hydrogen-bond acceptors (Lipinski definition) is 3. The Hall–Kier alpha value is -0.380. The fourth-order valence-electron chi connectivity index (χ4n) is 1.39. The fraction of sp³-hybridized carbons (Fsp3) is 0.636. The van der Waals surface area contributed by atoms with Crippen molar-refractivity contribution in [2.75, 3.05) is 13.1 Å². The number of rotatable bonds is 6. The second kappa shape index (κ2) is 5.49. The third-order valence-electron chi connectivity index (χ3n) is 2.07. The van der Waals surface area contributed by atoms with E-state index in [0.29, 0.717) is 6.54 Å². The van der Waals surface area contributed by atoms with Crippen LogP contribution in [0.3, 0.4) is 0 Å². The van der Waals surface area contributed by atoms with Crippen LogP contribution in [0, 0.1) is 0 Å². The van der Waals surface area contributed by atoms with Gasteiger partial charge in [-0.2, -0.15) is 0 Å². The van der Waals surface area contributed by atoms with Crippen LogP contribution in [-0.4, -0.2) is 23.8 Å². The second-order valence-corrected chi connectivity index (χ2v) is 4.96. The first-order valence-electron chi connectivity index (χ1n) is 5.09. The summed E-state index contributed by atoms with van der Waals surface area (Å²) in [6.45, 7) is 5.65. The molecule has 0 bridgehead atoms. The van der Waals surface area contributed by atoms with Crippen LogP contribution in [0.15, 0.2) is 17.5 Å². The van der Waals surface area contributed by atoms with Crippen LogP contribution in [0.5, 0.6) is 0 Å². The maximum absolute atomic E-state index is 10.1. The molecule has 0 saturated heterocycles. The van der Waals surface area contributed by atoms with Gasteiger partial charge in [0.25, 0.3) is 0 Å². The highest BCUT2D eigenvalue weighted by atomic mass is 32.1. The van der Waals surface area contributed by atoms with Gasteiger partial charge in [-0.25, -0.2) is 0 Å². The average Bonchev–Trinajstić information content (AvgIpc) is 2.56. The molecule has 80 valence electrons. The lowest BCUT2D eigenvalue weighted by Gasteiger charge is -2.22. The molecule has 3 heteroatoms. The predicted octanol–water partition coefficient (Wildman–Crippen LogP) is 2.04. The summed E-state index contributed by atoms with van der Waals surface area (Å²) < 4.78 is 0. The van der Waals surface area contributed by atoms with E-state index in [1.165, 1.54) is 4.88 Å². The van der Waals surface area contributed by atoms with Gasteiger partial charge in [-0.05, 0) is 31.3 Å². The molecule has 0 amide bonds. The largest absolute Gasteiger partial charge is 0.388 e. The Balaban J connectivity index is 2.33. The summed E-state index contributed by atoms with van der Waals surface area (Å²) in [7, 11) is 0. The molecule has 1 aromatic heterocycles. The Morgan fingerprint density at radius 1 is 1.57 bits per heavy atom. The molecule has 14 heavy (non-hydrogen) atoms. The van der Waals surface area contributed by atoms with Crippen molar-refractivity contribution in [1.29, 1.82) is 0 Å². The molecular formula is C11H19NOS. The molecule has 1 atom stereocenters. The van der Waals surface area contributed by atoms with Gasteiger partial charge in [0.15, 0.2) is 0 Å². The molecule has 1 heterocycles. The van der Waals surface area contributed by atoms with Crippen LogP contribution in [0.2, 0.25) is 0 Å². The predicted molar refractivity (Wildman–Crippen MR) is 61.8 cm³/mol. The number of hydrogen-bond donors (Lipinski definition) is 2. The third-order valence-corrected chi connectivity index (χ3v) is 2.94. The highest BCUT2D eigenvalue weighted by Crippen LogP contribution is 2.16. The van der Waals surface area contributed by atoms with Crippen molar-refractivity contribution in [3.05, 3.63) is 22.4 Å². The van der Waals surface area contributed by atoms with Gasteiger partial charge < -0.3 is 10.4 Å². The summed E-state index contributed by atoms with van der Waals surface area (Å²) in [5.41, 5.74) is -0.625. The summed E-state index contributed by atoms with van der Waals surface area (Å²) in [6.07, 6.45) is 1.84. The van der Waals surface area contributed by atoms with E-state index >= 15 is 0 Å². The van der Waals surface area contributed by atoms with Crippen LogP contribution >= 0.6 is 11.3 Å². The topological polar surface area (TPSA) is 32.3 Å². The summed E-state index contributed by atoms with van der Waals surface area (Å²) in [4.78, 5) is 1.24. The van der Waals surface area contributed by atoms with Crippen molar-refractivity contribution in [2.45, 2.75) is 32.3 Å². The van der Waals surface area contributed by atoms with Gasteiger partial charge in [-0.15, -0.1) is 11.3 Å². The monoisotopic (exact) mass is 213 g/mol. The van der Waals surface area contributed by atoms with Crippen LogP contribution in [-0.2, 0) is 6.42 Å². The van der Waals surface area contributed by atoms with E-state index in [1.54, 1.807) is 11.3 Å². The molecule has 0 aliphatic heterocycles. The molecule has 2 nitrogen and oxygen atoms in total. The van der Waals surface area contributed by atoms with Crippen molar-refractivity contribution in [3.8, 4) is 0 Å². The lowest BCUT2D eigenvalue weighted by Crippen LogP contribution is -2.39. The minimum absolute atomic E-state index is 0.625.